The first-order chi connectivity index (χ1) is 9.78. The fourth-order valence-electron chi connectivity index (χ4n) is 1.55. The smallest absolute Gasteiger partial charge is 0.257 e. The molecule has 2 rings (SSSR count). The summed E-state index contributed by atoms with van der Waals surface area (Å²) in [6.45, 7) is 0.471. The average Bonchev–Trinajstić information content (AvgIpc) is 2.52. The van der Waals surface area contributed by atoms with Gasteiger partial charge in [0.15, 0.2) is 0 Å². The Labute approximate surface area is 117 Å². The highest BCUT2D eigenvalue weighted by Crippen LogP contribution is 2.14. The molecule has 5 heteroatoms. The molecular formula is C15H15N3O2. The van der Waals surface area contributed by atoms with Crippen molar-refractivity contribution in [2.45, 2.75) is 6.61 Å². The Morgan fingerprint density at radius 2 is 2.10 bits per heavy atom. The molecule has 0 bridgehead atoms. The maximum Gasteiger partial charge on any atom is 0.257 e. The van der Waals surface area contributed by atoms with E-state index in [-0.39, 0.29) is 5.91 Å². The predicted octanol–water partition coefficient (Wildman–Crippen LogP) is 1.66. The van der Waals surface area contributed by atoms with E-state index in [1.807, 2.05) is 41.8 Å². The fourth-order valence-corrected chi connectivity index (χ4v) is 1.55. The van der Waals surface area contributed by atoms with Gasteiger partial charge in [-0.05, 0) is 29.8 Å². The van der Waals surface area contributed by atoms with Gasteiger partial charge >= 0.3 is 0 Å². The molecule has 2 aromatic rings. The summed E-state index contributed by atoms with van der Waals surface area (Å²) in [7, 11) is 0. The minimum atomic E-state index is -0.345. The van der Waals surface area contributed by atoms with Gasteiger partial charge in [-0.3, -0.25) is 15.2 Å². The number of benzene rings is 1. The van der Waals surface area contributed by atoms with Crippen LogP contribution in [0.5, 0.6) is 5.75 Å². The first-order valence-corrected chi connectivity index (χ1v) is 6.08. The number of nitrogens with zero attached hydrogens (tertiary/aromatic N) is 1. The number of hydrazine groups is 1. The highest BCUT2D eigenvalue weighted by molar-refractivity contribution is 5.91. The number of carbonyl (C=O) groups excluding carboxylic acids is 1. The van der Waals surface area contributed by atoms with Gasteiger partial charge < -0.3 is 4.74 Å². The van der Waals surface area contributed by atoms with E-state index >= 15 is 0 Å². The number of hydrogen-bond acceptors (Lipinski definition) is 4. The van der Waals surface area contributed by atoms with Crippen LogP contribution in [0.2, 0.25) is 0 Å². The first kappa shape index (κ1) is 13.8. The van der Waals surface area contributed by atoms with E-state index in [1.165, 1.54) is 6.08 Å². The van der Waals surface area contributed by atoms with Crippen LogP contribution in [0.1, 0.15) is 11.1 Å². The Morgan fingerprint density at radius 1 is 1.30 bits per heavy atom. The van der Waals surface area contributed by atoms with Gasteiger partial charge in [0.1, 0.15) is 12.4 Å². The van der Waals surface area contributed by atoms with Gasteiger partial charge in [0.2, 0.25) is 0 Å². The molecule has 0 aliphatic heterocycles. The van der Waals surface area contributed by atoms with Crippen LogP contribution in [-0.4, -0.2) is 10.9 Å². The molecule has 0 aliphatic carbocycles. The molecule has 3 N–H and O–H groups in total. The number of aromatic nitrogens is 1. The molecule has 5 nitrogen and oxygen atoms in total. The van der Waals surface area contributed by atoms with Crippen molar-refractivity contribution in [2.75, 3.05) is 0 Å². The van der Waals surface area contributed by atoms with E-state index < -0.39 is 0 Å². The molecule has 1 aromatic carbocycles. The van der Waals surface area contributed by atoms with E-state index in [1.54, 1.807) is 18.5 Å². The van der Waals surface area contributed by atoms with Crippen molar-refractivity contribution >= 4 is 12.0 Å². The Kier molecular flexibility index (Phi) is 4.86. The summed E-state index contributed by atoms with van der Waals surface area (Å²) >= 11 is 0. The van der Waals surface area contributed by atoms with Crippen molar-refractivity contribution in [2.24, 2.45) is 5.84 Å². The number of pyridine rings is 1. The molecule has 20 heavy (non-hydrogen) atoms. The van der Waals surface area contributed by atoms with E-state index in [2.05, 4.69) is 4.98 Å². The molecule has 1 heterocycles. The van der Waals surface area contributed by atoms with Crippen LogP contribution in [0.4, 0.5) is 0 Å². The fraction of sp³-hybridized carbons (Fsp3) is 0.0667. The van der Waals surface area contributed by atoms with Crippen molar-refractivity contribution < 1.29 is 9.53 Å². The molecule has 0 spiro atoms. The van der Waals surface area contributed by atoms with Crippen LogP contribution in [0.15, 0.2) is 54.9 Å². The van der Waals surface area contributed by atoms with Crippen LogP contribution in [-0.2, 0) is 11.4 Å². The minimum Gasteiger partial charge on any atom is -0.489 e. The predicted molar refractivity (Wildman–Crippen MR) is 76.4 cm³/mol. The molecule has 0 atom stereocenters. The van der Waals surface area contributed by atoms with Gasteiger partial charge in [-0.2, -0.15) is 0 Å². The molecule has 0 fully saturated rings. The van der Waals surface area contributed by atoms with Crippen molar-refractivity contribution in [1.29, 1.82) is 0 Å². The molecular weight excluding hydrogens is 254 g/mol. The topological polar surface area (TPSA) is 77.2 Å². The monoisotopic (exact) mass is 269 g/mol. The minimum absolute atomic E-state index is 0.345. The highest BCUT2D eigenvalue weighted by Gasteiger charge is 1.96. The van der Waals surface area contributed by atoms with E-state index in [0.29, 0.717) is 6.61 Å². The zero-order valence-electron chi connectivity index (χ0n) is 10.8. The van der Waals surface area contributed by atoms with Crippen LogP contribution in [0.3, 0.4) is 0 Å². The summed E-state index contributed by atoms with van der Waals surface area (Å²) in [6.07, 6.45) is 6.53. The van der Waals surface area contributed by atoms with Gasteiger partial charge in [0.25, 0.3) is 5.91 Å². The van der Waals surface area contributed by atoms with Gasteiger partial charge in [0, 0.05) is 24.0 Å². The molecule has 0 unspecified atom stereocenters. The van der Waals surface area contributed by atoms with Crippen LogP contribution >= 0.6 is 0 Å². The van der Waals surface area contributed by atoms with Crippen molar-refractivity contribution in [3.63, 3.8) is 0 Å². The van der Waals surface area contributed by atoms with Crippen LogP contribution in [0.25, 0.3) is 6.08 Å². The van der Waals surface area contributed by atoms with E-state index in [4.69, 9.17) is 10.6 Å². The maximum atomic E-state index is 11.0. The number of nitrogens with two attached hydrogens (primary N) is 1. The summed E-state index contributed by atoms with van der Waals surface area (Å²) in [4.78, 5) is 15.0. The summed E-state index contributed by atoms with van der Waals surface area (Å²) < 4.78 is 5.63. The van der Waals surface area contributed by atoms with E-state index in [0.717, 1.165) is 16.9 Å². The largest absolute Gasteiger partial charge is 0.489 e. The normalized spacial score (nSPS) is 10.4. The van der Waals surface area contributed by atoms with Crippen LogP contribution < -0.4 is 16.0 Å². The lowest BCUT2D eigenvalue weighted by molar-refractivity contribution is -0.116. The number of hydrogen-bond donors (Lipinski definition) is 2. The summed E-state index contributed by atoms with van der Waals surface area (Å²) in [5.41, 5.74) is 3.93. The third-order valence-electron chi connectivity index (χ3n) is 2.58. The second kappa shape index (κ2) is 7.06. The lowest BCUT2D eigenvalue weighted by atomic mass is 10.2. The van der Waals surface area contributed by atoms with Gasteiger partial charge in [-0.1, -0.05) is 18.2 Å². The first-order valence-electron chi connectivity index (χ1n) is 6.08. The van der Waals surface area contributed by atoms with Crippen molar-refractivity contribution in [3.05, 3.63) is 66.0 Å². The summed E-state index contributed by atoms with van der Waals surface area (Å²) in [5.74, 6) is 5.39. The number of ether oxygens (including phenoxy) is 1. The second-order valence-corrected chi connectivity index (χ2v) is 4.06. The Hall–Kier alpha value is -2.66. The summed E-state index contributed by atoms with van der Waals surface area (Å²) in [6, 6.07) is 11.2. The zero-order chi connectivity index (χ0) is 14.2. The Balaban J connectivity index is 1.91. The lowest BCUT2D eigenvalue weighted by Crippen LogP contribution is -2.27. The van der Waals surface area contributed by atoms with Crippen molar-refractivity contribution in [1.82, 2.24) is 10.4 Å². The number of amides is 1. The number of rotatable bonds is 5. The van der Waals surface area contributed by atoms with Crippen molar-refractivity contribution in [3.8, 4) is 5.75 Å². The standard InChI is InChI=1S/C15H15N3O2/c16-18-15(19)8-5-12-3-6-14(7-4-12)20-11-13-2-1-9-17-10-13/h1-10H,11,16H2,(H,18,19)/b8-5+. The van der Waals surface area contributed by atoms with Gasteiger partial charge in [0.05, 0.1) is 0 Å². The quantitative estimate of drug-likeness (QED) is 0.374. The molecule has 0 aliphatic rings. The molecule has 1 aromatic heterocycles. The third-order valence-corrected chi connectivity index (χ3v) is 2.58. The van der Waals surface area contributed by atoms with Gasteiger partial charge in [-0.25, -0.2) is 5.84 Å². The lowest BCUT2D eigenvalue weighted by Gasteiger charge is -2.06. The zero-order valence-corrected chi connectivity index (χ0v) is 10.8. The second-order valence-electron chi connectivity index (χ2n) is 4.06. The maximum absolute atomic E-state index is 11.0. The molecule has 1 amide bonds. The Bertz CT molecular complexity index is 580. The SMILES string of the molecule is NNC(=O)/C=C/c1ccc(OCc2cccnc2)cc1. The third kappa shape index (κ3) is 4.22. The number of nitrogens with one attached hydrogen (secondary N) is 1. The van der Waals surface area contributed by atoms with E-state index in [9.17, 15) is 4.79 Å². The average molecular weight is 269 g/mol. The van der Waals surface area contributed by atoms with Gasteiger partial charge in [-0.15, -0.1) is 0 Å². The highest BCUT2D eigenvalue weighted by atomic mass is 16.5. The summed E-state index contributed by atoms with van der Waals surface area (Å²) in [5, 5.41) is 0. The van der Waals surface area contributed by atoms with Crippen LogP contribution in [0, 0.1) is 0 Å². The molecule has 102 valence electrons. The Morgan fingerprint density at radius 3 is 2.75 bits per heavy atom. The number of carbonyl (C=O) groups is 1. The molecule has 0 radical (unpaired) electrons. The molecule has 0 saturated heterocycles. The molecule has 0 saturated carbocycles.